The van der Waals surface area contributed by atoms with Gasteiger partial charge in [0.1, 0.15) is 11.5 Å². The van der Waals surface area contributed by atoms with Crippen LogP contribution in [0.15, 0.2) is 42.6 Å². The average Bonchev–Trinajstić information content (AvgIpc) is 2.52. The Labute approximate surface area is 123 Å². The lowest BCUT2D eigenvalue weighted by molar-refractivity contribution is -0.138. The molecule has 0 radical (unpaired) electrons. The number of nitrogens with zero attached hydrogens (tertiary/aromatic N) is 1. The number of aliphatic carboxylic acids is 1. The highest BCUT2D eigenvalue weighted by molar-refractivity contribution is 5.77. The first-order chi connectivity index (χ1) is 10.2. The Hall–Kier alpha value is -2.56. The molecule has 1 aromatic carbocycles. The van der Waals surface area contributed by atoms with Crippen molar-refractivity contribution in [2.75, 3.05) is 14.2 Å². The van der Waals surface area contributed by atoms with Gasteiger partial charge in [-0.2, -0.15) is 0 Å². The van der Waals surface area contributed by atoms with E-state index in [1.165, 1.54) is 7.11 Å². The van der Waals surface area contributed by atoms with Gasteiger partial charge in [0, 0.05) is 29.9 Å². The topological polar surface area (TPSA) is 68.7 Å². The van der Waals surface area contributed by atoms with Crippen LogP contribution >= 0.6 is 0 Å². The zero-order valence-corrected chi connectivity index (χ0v) is 11.9. The maximum absolute atomic E-state index is 11.6. The SMILES string of the molecule is COc1ccc(C(Cc2ccccn2)C(=O)O)c(OC)c1. The molecule has 0 saturated carbocycles. The Morgan fingerprint density at radius 3 is 2.62 bits per heavy atom. The third-order valence-electron chi connectivity index (χ3n) is 3.25. The van der Waals surface area contributed by atoms with Gasteiger partial charge in [-0.3, -0.25) is 9.78 Å². The summed E-state index contributed by atoms with van der Waals surface area (Å²) in [5, 5.41) is 9.52. The summed E-state index contributed by atoms with van der Waals surface area (Å²) < 4.78 is 10.4. The zero-order chi connectivity index (χ0) is 15.2. The van der Waals surface area contributed by atoms with Crippen molar-refractivity contribution in [3.05, 3.63) is 53.9 Å². The van der Waals surface area contributed by atoms with Crippen LogP contribution in [0.2, 0.25) is 0 Å². The second kappa shape index (κ2) is 6.74. The number of carboxylic acid groups (broad SMARTS) is 1. The molecule has 0 spiro atoms. The van der Waals surface area contributed by atoms with Gasteiger partial charge in [-0.05, 0) is 18.2 Å². The lowest BCUT2D eigenvalue weighted by Crippen LogP contribution is -2.16. The van der Waals surface area contributed by atoms with Crippen LogP contribution in [-0.2, 0) is 11.2 Å². The summed E-state index contributed by atoms with van der Waals surface area (Å²) in [4.78, 5) is 15.8. The van der Waals surface area contributed by atoms with Crippen LogP contribution in [0.5, 0.6) is 11.5 Å². The molecule has 110 valence electrons. The van der Waals surface area contributed by atoms with Crippen LogP contribution in [0.4, 0.5) is 0 Å². The number of aromatic nitrogens is 1. The molecule has 5 heteroatoms. The molecule has 0 fully saturated rings. The number of pyridine rings is 1. The van der Waals surface area contributed by atoms with Crippen molar-refractivity contribution in [2.45, 2.75) is 12.3 Å². The summed E-state index contributed by atoms with van der Waals surface area (Å²) in [6.07, 6.45) is 1.96. The number of hydrogen-bond donors (Lipinski definition) is 1. The predicted octanol–water partition coefficient (Wildman–Crippen LogP) is 2.51. The Morgan fingerprint density at radius 1 is 1.24 bits per heavy atom. The van der Waals surface area contributed by atoms with Gasteiger partial charge in [-0.25, -0.2) is 0 Å². The molecule has 1 aromatic heterocycles. The molecule has 1 unspecified atom stereocenters. The monoisotopic (exact) mass is 287 g/mol. The van der Waals surface area contributed by atoms with Crippen LogP contribution in [0.25, 0.3) is 0 Å². The van der Waals surface area contributed by atoms with Crippen LogP contribution in [-0.4, -0.2) is 30.3 Å². The van der Waals surface area contributed by atoms with Gasteiger partial charge in [0.05, 0.1) is 20.1 Å². The van der Waals surface area contributed by atoms with E-state index in [1.54, 1.807) is 37.6 Å². The number of methoxy groups -OCH3 is 2. The molecule has 2 aromatic rings. The van der Waals surface area contributed by atoms with E-state index in [1.807, 2.05) is 12.1 Å². The lowest BCUT2D eigenvalue weighted by Gasteiger charge is -2.16. The number of hydrogen-bond acceptors (Lipinski definition) is 4. The molecule has 0 bridgehead atoms. The van der Waals surface area contributed by atoms with E-state index in [2.05, 4.69) is 4.98 Å². The first kappa shape index (κ1) is 14.8. The van der Waals surface area contributed by atoms with Gasteiger partial charge in [-0.1, -0.05) is 12.1 Å². The zero-order valence-electron chi connectivity index (χ0n) is 11.9. The number of rotatable bonds is 6. The van der Waals surface area contributed by atoms with Crippen molar-refractivity contribution in [3.8, 4) is 11.5 Å². The first-order valence-corrected chi connectivity index (χ1v) is 6.50. The number of carboxylic acids is 1. The molecule has 0 amide bonds. The molecule has 2 rings (SSSR count). The molecular weight excluding hydrogens is 270 g/mol. The normalized spacial score (nSPS) is 11.7. The minimum atomic E-state index is -0.913. The minimum Gasteiger partial charge on any atom is -0.497 e. The molecule has 1 N–H and O–H groups in total. The van der Waals surface area contributed by atoms with Crippen LogP contribution < -0.4 is 9.47 Å². The molecule has 0 aliphatic carbocycles. The van der Waals surface area contributed by atoms with E-state index in [9.17, 15) is 9.90 Å². The largest absolute Gasteiger partial charge is 0.497 e. The van der Waals surface area contributed by atoms with Crippen LogP contribution in [0, 0.1) is 0 Å². The molecule has 1 heterocycles. The Bertz CT molecular complexity index is 613. The van der Waals surface area contributed by atoms with E-state index in [4.69, 9.17) is 9.47 Å². The smallest absolute Gasteiger partial charge is 0.311 e. The van der Waals surface area contributed by atoms with Crippen molar-refractivity contribution < 1.29 is 19.4 Å². The highest BCUT2D eigenvalue weighted by Crippen LogP contribution is 2.32. The second-order valence-corrected chi connectivity index (χ2v) is 4.52. The van der Waals surface area contributed by atoms with Crippen LogP contribution in [0.3, 0.4) is 0 Å². The maximum atomic E-state index is 11.6. The summed E-state index contributed by atoms with van der Waals surface area (Å²) in [5.41, 5.74) is 1.33. The third kappa shape index (κ3) is 3.51. The van der Waals surface area contributed by atoms with Gasteiger partial charge in [0.25, 0.3) is 0 Å². The van der Waals surface area contributed by atoms with Gasteiger partial charge in [0.2, 0.25) is 0 Å². The Morgan fingerprint density at radius 2 is 2.05 bits per heavy atom. The van der Waals surface area contributed by atoms with Crippen molar-refractivity contribution in [1.29, 1.82) is 0 Å². The molecular formula is C16H17NO4. The first-order valence-electron chi connectivity index (χ1n) is 6.50. The fourth-order valence-electron chi connectivity index (χ4n) is 2.16. The summed E-state index contributed by atoms with van der Waals surface area (Å²) >= 11 is 0. The fraction of sp³-hybridized carbons (Fsp3) is 0.250. The average molecular weight is 287 g/mol. The van der Waals surface area contributed by atoms with E-state index in [-0.39, 0.29) is 0 Å². The third-order valence-corrected chi connectivity index (χ3v) is 3.25. The Balaban J connectivity index is 2.36. The molecule has 0 saturated heterocycles. The minimum absolute atomic E-state index is 0.304. The molecule has 5 nitrogen and oxygen atoms in total. The van der Waals surface area contributed by atoms with Crippen molar-refractivity contribution in [2.24, 2.45) is 0 Å². The summed E-state index contributed by atoms with van der Waals surface area (Å²) in [6.45, 7) is 0. The van der Waals surface area contributed by atoms with Crippen LogP contribution in [0.1, 0.15) is 17.2 Å². The summed E-state index contributed by atoms with van der Waals surface area (Å²) in [7, 11) is 3.06. The molecule has 0 aliphatic rings. The lowest BCUT2D eigenvalue weighted by atomic mass is 9.93. The summed E-state index contributed by atoms with van der Waals surface area (Å²) in [5.74, 6) is -0.514. The van der Waals surface area contributed by atoms with Gasteiger partial charge >= 0.3 is 5.97 Å². The Kier molecular flexibility index (Phi) is 4.77. The van der Waals surface area contributed by atoms with E-state index < -0.39 is 11.9 Å². The summed E-state index contributed by atoms with van der Waals surface area (Å²) in [6, 6.07) is 10.6. The number of benzene rings is 1. The predicted molar refractivity (Wildman–Crippen MR) is 77.9 cm³/mol. The fourth-order valence-corrected chi connectivity index (χ4v) is 2.16. The molecule has 21 heavy (non-hydrogen) atoms. The van der Waals surface area contributed by atoms with Gasteiger partial charge in [-0.15, -0.1) is 0 Å². The second-order valence-electron chi connectivity index (χ2n) is 4.52. The molecule has 1 atom stereocenters. The highest BCUT2D eigenvalue weighted by atomic mass is 16.5. The highest BCUT2D eigenvalue weighted by Gasteiger charge is 2.24. The van der Waals surface area contributed by atoms with E-state index >= 15 is 0 Å². The van der Waals surface area contributed by atoms with Gasteiger partial charge < -0.3 is 14.6 Å². The van der Waals surface area contributed by atoms with Crippen molar-refractivity contribution >= 4 is 5.97 Å². The standard InChI is InChI=1S/C16H17NO4/c1-20-12-6-7-13(15(10-12)21-2)14(16(18)19)9-11-5-3-4-8-17-11/h3-8,10,14H,9H2,1-2H3,(H,18,19). The molecule has 0 aliphatic heterocycles. The maximum Gasteiger partial charge on any atom is 0.311 e. The number of carbonyl (C=O) groups is 1. The quantitative estimate of drug-likeness (QED) is 0.884. The number of ether oxygens (including phenoxy) is 2. The van der Waals surface area contributed by atoms with Crippen molar-refractivity contribution in [1.82, 2.24) is 4.98 Å². The van der Waals surface area contributed by atoms with E-state index in [0.29, 0.717) is 23.5 Å². The van der Waals surface area contributed by atoms with E-state index in [0.717, 1.165) is 5.69 Å². The van der Waals surface area contributed by atoms with Crippen molar-refractivity contribution in [3.63, 3.8) is 0 Å². The van der Waals surface area contributed by atoms with Gasteiger partial charge in [0.15, 0.2) is 0 Å².